The van der Waals surface area contributed by atoms with Gasteiger partial charge >= 0.3 is 0 Å². The van der Waals surface area contributed by atoms with Crippen molar-refractivity contribution in [3.8, 4) is 0 Å². The number of rotatable bonds is 9. The predicted molar refractivity (Wildman–Crippen MR) is 133 cm³/mol. The normalized spacial score (nSPS) is 12.8. The van der Waals surface area contributed by atoms with Gasteiger partial charge in [-0.1, -0.05) is 73.1 Å². The number of amides is 1. The van der Waals surface area contributed by atoms with Crippen LogP contribution in [0.4, 0.5) is 14.5 Å². The lowest BCUT2D eigenvalue weighted by Crippen LogP contribution is -2.15. The molecule has 0 saturated carbocycles. The zero-order valence-electron chi connectivity index (χ0n) is 19.0. The number of halogens is 3. The first kappa shape index (κ1) is 25.2. The Morgan fingerprint density at radius 2 is 1.74 bits per heavy atom. The van der Waals surface area contributed by atoms with Crippen LogP contribution in [0.25, 0.3) is 6.08 Å². The monoisotopic (exact) mass is 484 g/mol. The van der Waals surface area contributed by atoms with E-state index in [2.05, 4.69) is 5.32 Å². The zero-order chi connectivity index (χ0) is 24.7. The van der Waals surface area contributed by atoms with E-state index in [0.29, 0.717) is 16.3 Å². The minimum Gasteiger partial charge on any atom is -0.472 e. The van der Waals surface area contributed by atoms with Gasteiger partial charge in [0.25, 0.3) is 5.92 Å². The van der Waals surface area contributed by atoms with Gasteiger partial charge in [-0.25, -0.2) is 8.78 Å². The first-order chi connectivity index (χ1) is 16.2. The van der Waals surface area contributed by atoms with Crippen LogP contribution in [0.3, 0.4) is 0 Å². The maximum atomic E-state index is 13.7. The summed E-state index contributed by atoms with van der Waals surface area (Å²) in [5.41, 5.74) is 8.88. The fourth-order valence-corrected chi connectivity index (χ4v) is 3.68. The Morgan fingerprint density at radius 1 is 1.09 bits per heavy atom. The molecule has 0 saturated heterocycles. The number of hydrogen-bond acceptors (Lipinski definition) is 3. The van der Waals surface area contributed by atoms with Gasteiger partial charge in [0.1, 0.15) is 6.10 Å². The summed E-state index contributed by atoms with van der Waals surface area (Å²) < 4.78 is 33.2. The maximum Gasteiger partial charge on any atom is 0.273 e. The van der Waals surface area contributed by atoms with Crippen molar-refractivity contribution in [2.45, 2.75) is 38.7 Å². The van der Waals surface area contributed by atoms with Crippen LogP contribution in [-0.4, -0.2) is 5.91 Å². The van der Waals surface area contributed by atoms with Crippen molar-refractivity contribution in [3.63, 3.8) is 0 Å². The van der Waals surface area contributed by atoms with E-state index < -0.39 is 5.92 Å². The van der Waals surface area contributed by atoms with Gasteiger partial charge in [-0.05, 0) is 36.2 Å². The van der Waals surface area contributed by atoms with Gasteiger partial charge < -0.3 is 15.8 Å². The molecule has 0 aliphatic carbocycles. The molecule has 3 rings (SSSR count). The zero-order valence-corrected chi connectivity index (χ0v) is 19.8. The molecule has 0 fully saturated rings. The van der Waals surface area contributed by atoms with Gasteiger partial charge in [0, 0.05) is 34.3 Å². The smallest absolute Gasteiger partial charge is 0.273 e. The van der Waals surface area contributed by atoms with Crippen molar-refractivity contribution in [2.75, 3.05) is 5.32 Å². The van der Waals surface area contributed by atoms with Crippen molar-refractivity contribution in [2.24, 2.45) is 5.73 Å². The molecule has 7 heteroatoms. The summed E-state index contributed by atoms with van der Waals surface area (Å²) in [7, 11) is 0. The molecule has 0 aliphatic rings. The van der Waals surface area contributed by atoms with Crippen LogP contribution in [0, 0.1) is 0 Å². The lowest BCUT2D eigenvalue weighted by Gasteiger charge is -2.16. The van der Waals surface area contributed by atoms with Gasteiger partial charge in [-0.15, -0.1) is 0 Å². The van der Waals surface area contributed by atoms with E-state index in [9.17, 15) is 13.6 Å². The highest BCUT2D eigenvalue weighted by molar-refractivity contribution is 6.31. The van der Waals surface area contributed by atoms with Crippen molar-refractivity contribution in [3.05, 3.63) is 106 Å². The van der Waals surface area contributed by atoms with Crippen LogP contribution in [0.15, 0.2) is 78.7 Å². The second kappa shape index (κ2) is 11.2. The van der Waals surface area contributed by atoms with E-state index in [0.717, 1.165) is 11.1 Å². The standard InChI is InChI=1S/C27H27ClF2N2O2/c1-3-27(29,30)21-12-8-20(9-13-21)17-26(33)32-22-14-10-19(11-15-22)16-25(31)34-18(2)23-6-4-5-7-24(23)28/h4-16,18H,3,17,31H2,1-2H3,(H,32,33)/b25-16-/t18-/m0/s1. The van der Waals surface area contributed by atoms with Gasteiger partial charge in [0.05, 0.1) is 6.42 Å². The molecule has 0 aromatic heterocycles. The first-order valence-electron chi connectivity index (χ1n) is 10.9. The van der Waals surface area contributed by atoms with Crippen molar-refractivity contribution in [1.29, 1.82) is 0 Å². The van der Waals surface area contributed by atoms with E-state index in [1.165, 1.54) is 19.1 Å². The summed E-state index contributed by atoms with van der Waals surface area (Å²) in [6.07, 6.45) is 1.19. The van der Waals surface area contributed by atoms with E-state index in [4.69, 9.17) is 22.1 Å². The summed E-state index contributed by atoms with van der Waals surface area (Å²) in [5, 5.41) is 3.41. The summed E-state index contributed by atoms with van der Waals surface area (Å²) >= 11 is 6.20. The van der Waals surface area contributed by atoms with Crippen LogP contribution >= 0.6 is 11.6 Å². The molecule has 0 radical (unpaired) electrons. The Balaban J connectivity index is 1.55. The number of carbonyl (C=O) groups excluding carboxylic acids is 1. The van der Waals surface area contributed by atoms with Gasteiger partial charge in [0.2, 0.25) is 5.91 Å². The highest BCUT2D eigenvalue weighted by Gasteiger charge is 2.28. The fraction of sp³-hybridized carbons (Fsp3) is 0.222. The lowest BCUT2D eigenvalue weighted by atomic mass is 10.0. The number of nitrogens with two attached hydrogens (primary N) is 1. The fourth-order valence-electron chi connectivity index (χ4n) is 3.39. The molecule has 1 atom stereocenters. The highest BCUT2D eigenvalue weighted by atomic mass is 35.5. The molecule has 0 bridgehead atoms. The Hall–Kier alpha value is -3.38. The molecule has 0 spiro atoms. The Bertz CT molecular complexity index is 1150. The summed E-state index contributed by atoms with van der Waals surface area (Å²) in [4.78, 5) is 12.3. The van der Waals surface area contributed by atoms with Gasteiger partial charge in [-0.3, -0.25) is 4.79 Å². The molecule has 3 N–H and O–H groups in total. The number of carbonyl (C=O) groups is 1. The van der Waals surface area contributed by atoms with Crippen LogP contribution in [0.2, 0.25) is 5.02 Å². The van der Waals surface area contributed by atoms with E-state index in [1.807, 2.05) is 25.1 Å². The van der Waals surface area contributed by atoms with Crippen LogP contribution in [0.1, 0.15) is 48.6 Å². The molecule has 3 aromatic carbocycles. The molecule has 4 nitrogen and oxygen atoms in total. The maximum absolute atomic E-state index is 13.7. The van der Waals surface area contributed by atoms with Crippen LogP contribution in [0.5, 0.6) is 0 Å². The Kier molecular flexibility index (Phi) is 8.29. The molecular weight excluding hydrogens is 458 g/mol. The van der Waals surface area contributed by atoms with Crippen LogP contribution < -0.4 is 11.1 Å². The van der Waals surface area contributed by atoms with E-state index in [1.54, 1.807) is 48.5 Å². The molecule has 34 heavy (non-hydrogen) atoms. The third-order valence-corrected chi connectivity index (χ3v) is 5.69. The SMILES string of the molecule is CCC(F)(F)c1ccc(CC(=O)Nc2ccc(/C=C(/N)O[C@@H](C)c3ccccc3Cl)cc2)cc1. The minimum atomic E-state index is -2.86. The Morgan fingerprint density at radius 3 is 2.35 bits per heavy atom. The number of alkyl halides is 2. The Labute approximate surface area is 203 Å². The number of benzene rings is 3. The molecular formula is C27H27ClF2N2O2. The summed E-state index contributed by atoms with van der Waals surface area (Å²) in [5.74, 6) is -2.87. The van der Waals surface area contributed by atoms with E-state index in [-0.39, 0.29) is 36.3 Å². The quantitative estimate of drug-likeness (QED) is 0.319. The van der Waals surface area contributed by atoms with Gasteiger partial charge in [0.15, 0.2) is 5.88 Å². The molecule has 0 heterocycles. The second-order valence-corrected chi connectivity index (χ2v) is 8.34. The number of hydrogen-bond donors (Lipinski definition) is 2. The first-order valence-corrected chi connectivity index (χ1v) is 11.3. The number of nitrogens with one attached hydrogen (secondary N) is 1. The summed E-state index contributed by atoms with van der Waals surface area (Å²) in [6, 6.07) is 20.4. The third-order valence-electron chi connectivity index (χ3n) is 5.34. The average molecular weight is 485 g/mol. The van der Waals surface area contributed by atoms with E-state index >= 15 is 0 Å². The second-order valence-electron chi connectivity index (χ2n) is 7.93. The molecule has 178 valence electrons. The third kappa shape index (κ3) is 6.81. The number of ether oxygens (including phenoxy) is 1. The van der Waals surface area contributed by atoms with Crippen molar-refractivity contribution in [1.82, 2.24) is 0 Å². The van der Waals surface area contributed by atoms with Gasteiger partial charge in [-0.2, -0.15) is 0 Å². The van der Waals surface area contributed by atoms with Crippen LogP contribution in [-0.2, 0) is 21.9 Å². The molecule has 0 unspecified atom stereocenters. The number of anilines is 1. The van der Waals surface area contributed by atoms with Crippen molar-refractivity contribution < 1.29 is 18.3 Å². The molecule has 3 aromatic rings. The topological polar surface area (TPSA) is 64.4 Å². The summed E-state index contributed by atoms with van der Waals surface area (Å²) in [6.45, 7) is 3.30. The average Bonchev–Trinajstić information content (AvgIpc) is 2.81. The minimum absolute atomic E-state index is 0.0488. The molecule has 0 aliphatic heterocycles. The largest absolute Gasteiger partial charge is 0.472 e. The highest BCUT2D eigenvalue weighted by Crippen LogP contribution is 2.31. The lowest BCUT2D eigenvalue weighted by molar-refractivity contribution is -0.115. The predicted octanol–water partition coefficient (Wildman–Crippen LogP) is 7.06. The van der Waals surface area contributed by atoms with Crippen molar-refractivity contribution >= 4 is 29.3 Å². The molecule has 1 amide bonds.